The van der Waals surface area contributed by atoms with Gasteiger partial charge in [0, 0.05) is 18.9 Å². The van der Waals surface area contributed by atoms with Gasteiger partial charge in [0.1, 0.15) is 17.0 Å². The molecule has 0 radical (unpaired) electrons. The highest BCUT2D eigenvalue weighted by molar-refractivity contribution is 5.62. The van der Waals surface area contributed by atoms with Gasteiger partial charge < -0.3 is 14.6 Å². The fourth-order valence-corrected chi connectivity index (χ4v) is 2.73. The quantitative estimate of drug-likeness (QED) is 0.567. The van der Waals surface area contributed by atoms with E-state index in [0.717, 1.165) is 5.56 Å². The molecule has 3 aromatic heterocycles. The maximum atomic E-state index is 9.24. The molecule has 0 bridgehead atoms. The Balaban J connectivity index is 1.84. The number of pyridine rings is 1. The zero-order chi connectivity index (χ0) is 18.6. The molecule has 4 rings (SSSR count). The van der Waals surface area contributed by atoms with Gasteiger partial charge in [-0.15, -0.1) is 5.10 Å². The van der Waals surface area contributed by atoms with Gasteiger partial charge in [0.25, 0.3) is 0 Å². The lowest BCUT2D eigenvalue weighted by Crippen LogP contribution is -2.02. The number of aromatic nitrogens is 4. The van der Waals surface area contributed by atoms with Crippen LogP contribution in [0.4, 0.5) is 0 Å². The van der Waals surface area contributed by atoms with Crippen LogP contribution in [0.25, 0.3) is 17.0 Å². The molecule has 0 aliphatic carbocycles. The lowest BCUT2D eigenvalue weighted by atomic mass is 10.2. The Morgan fingerprint density at radius 3 is 2.67 bits per heavy atom. The zero-order valence-electron chi connectivity index (χ0n) is 14.7. The summed E-state index contributed by atoms with van der Waals surface area (Å²) in [6.45, 7) is 0.0590. The summed E-state index contributed by atoms with van der Waals surface area (Å²) in [4.78, 5) is 8.98. The molecule has 4 aromatic rings. The van der Waals surface area contributed by atoms with Crippen molar-refractivity contribution in [3.8, 4) is 29.0 Å². The third-order valence-corrected chi connectivity index (χ3v) is 4.01. The summed E-state index contributed by atoms with van der Waals surface area (Å²) in [5.41, 5.74) is 2.24. The van der Waals surface area contributed by atoms with Crippen LogP contribution in [0.2, 0.25) is 0 Å². The van der Waals surface area contributed by atoms with Gasteiger partial charge in [-0.3, -0.25) is 0 Å². The number of para-hydroxylation sites is 1. The minimum absolute atomic E-state index is 0.0590. The first-order chi connectivity index (χ1) is 13.3. The van der Waals surface area contributed by atoms with Gasteiger partial charge in [0.05, 0.1) is 7.11 Å². The predicted octanol–water partition coefficient (Wildman–Crippen LogP) is 3.13. The zero-order valence-corrected chi connectivity index (χ0v) is 14.7. The van der Waals surface area contributed by atoms with E-state index in [1.807, 2.05) is 54.7 Å². The molecule has 0 aliphatic heterocycles. The summed E-state index contributed by atoms with van der Waals surface area (Å²) in [6.07, 6.45) is 2.38. The van der Waals surface area contributed by atoms with Crippen LogP contribution in [0.3, 0.4) is 0 Å². The normalized spacial score (nSPS) is 10.9. The van der Waals surface area contributed by atoms with E-state index in [2.05, 4.69) is 15.1 Å². The predicted molar refractivity (Wildman–Crippen MR) is 100 cm³/mol. The number of aliphatic hydroxyl groups is 1. The highest BCUT2D eigenvalue weighted by Crippen LogP contribution is 2.28. The van der Waals surface area contributed by atoms with Crippen molar-refractivity contribution in [2.24, 2.45) is 0 Å². The third-order valence-electron chi connectivity index (χ3n) is 4.01. The van der Waals surface area contributed by atoms with Crippen molar-refractivity contribution >= 4 is 5.52 Å². The van der Waals surface area contributed by atoms with E-state index in [0.29, 0.717) is 41.0 Å². The monoisotopic (exact) mass is 362 g/mol. The number of aliphatic hydroxyl groups excluding tert-OH is 1. The molecular formula is C20H18N4O3. The molecule has 7 nitrogen and oxygen atoms in total. The molecule has 3 heterocycles. The van der Waals surface area contributed by atoms with Crippen molar-refractivity contribution in [2.75, 3.05) is 13.7 Å². The fraction of sp³-hybridized carbons (Fsp3) is 0.150. The van der Waals surface area contributed by atoms with Crippen molar-refractivity contribution in [2.45, 2.75) is 6.42 Å². The van der Waals surface area contributed by atoms with Gasteiger partial charge in [0.2, 0.25) is 17.6 Å². The summed E-state index contributed by atoms with van der Waals surface area (Å²) in [5, 5.41) is 13.8. The van der Waals surface area contributed by atoms with Crippen LogP contribution in [0.15, 0.2) is 60.8 Å². The number of nitrogens with zero attached hydrogens (tertiary/aromatic N) is 4. The molecule has 0 saturated carbocycles. The van der Waals surface area contributed by atoms with E-state index in [-0.39, 0.29) is 6.61 Å². The number of ether oxygens (including phenoxy) is 2. The molecule has 7 heteroatoms. The second-order valence-electron chi connectivity index (χ2n) is 5.87. The summed E-state index contributed by atoms with van der Waals surface area (Å²) in [7, 11) is 1.56. The minimum Gasteiger partial charge on any atom is -0.481 e. The largest absolute Gasteiger partial charge is 0.481 e. The first-order valence-corrected chi connectivity index (χ1v) is 8.51. The van der Waals surface area contributed by atoms with E-state index >= 15 is 0 Å². The second-order valence-corrected chi connectivity index (χ2v) is 5.87. The average Bonchev–Trinajstić information content (AvgIpc) is 3.12. The van der Waals surface area contributed by atoms with Gasteiger partial charge in [-0.05, 0) is 36.2 Å². The van der Waals surface area contributed by atoms with Crippen LogP contribution in [0.1, 0.15) is 5.56 Å². The average molecular weight is 362 g/mol. The fourth-order valence-electron chi connectivity index (χ4n) is 2.73. The Kier molecular flexibility index (Phi) is 4.67. The van der Waals surface area contributed by atoms with E-state index in [9.17, 15) is 5.11 Å². The Morgan fingerprint density at radius 1 is 1.04 bits per heavy atom. The Bertz CT molecular complexity index is 1060. The summed E-state index contributed by atoms with van der Waals surface area (Å²) in [6, 6.07) is 16.8. The van der Waals surface area contributed by atoms with Gasteiger partial charge in [-0.2, -0.15) is 4.98 Å². The van der Waals surface area contributed by atoms with Crippen LogP contribution in [0.5, 0.6) is 17.5 Å². The molecule has 0 aliphatic rings. The van der Waals surface area contributed by atoms with E-state index in [4.69, 9.17) is 9.47 Å². The number of hydrogen-bond acceptors (Lipinski definition) is 6. The van der Waals surface area contributed by atoms with E-state index in [1.165, 1.54) is 0 Å². The van der Waals surface area contributed by atoms with Gasteiger partial charge in [0.15, 0.2) is 0 Å². The Labute approximate surface area is 155 Å². The molecule has 0 amide bonds. The Morgan fingerprint density at radius 2 is 1.89 bits per heavy atom. The number of rotatable bonds is 6. The van der Waals surface area contributed by atoms with Gasteiger partial charge in [-0.25, -0.2) is 9.50 Å². The number of methoxy groups -OCH3 is 1. The number of fused-ring (bicyclic) bond motifs is 1. The summed E-state index contributed by atoms with van der Waals surface area (Å²) in [5.74, 6) is 1.99. The summed E-state index contributed by atoms with van der Waals surface area (Å²) >= 11 is 0. The van der Waals surface area contributed by atoms with Crippen LogP contribution < -0.4 is 9.47 Å². The topological polar surface area (TPSA) is 81.8 Å². The summed E-state index contributed by atoms with van der Waals surface area (Å²) < 4.78 is 12.9. The van der Waals surface area contributed by atoms with Crippen LogP contribution >= 0.6 is 0 Å². The van der Waals surface area contributed by atoms with Gasteiger partial charge in [-0.1, -0.05) is 24.3 Å². The second kappa shape index (κ2) is 7.43. The van der Waals surface area contributed by atoms with E-state index < -0.39 is 0 Å². The molecule has 1 N–H and O–H groups in total. The van der Waals surface area contributed by atoms with Crippen molar-refractivity contribution < 1.29 is 14.6 Å². The molecule has 0 unspecified atom stereocenters. The highest BCUT2D eigenvalue weighted by Gasteiger charge is 2.15. The molecular weight excluding hydrogens is 344 g/mol. The van der Waals surface area contributed by atoms with Crippen LogP contribution in [0, 0.1) is 0 Å². The Hall–Kier alpha value is -3.45. The first kappa shape index (κ1) is 17.0. The molecule has 27 heavy (non-hydrogen) atoms. The molecule has 0 fully saturated rings. The molecule has 0 spiro atoms. The molecule has 0 atom stereocenters. The maximum Gasteiger partial charge on any atom is 0.247 e. The number of benzene rings is 1. The third kappa shape index (κ3) is 3.58. The lowest BCUT2D eigenvalue weighted by molar-refractivity contribution is 0.299. The van der Waals surface area contributed by atoms with Crippen molar-refractivity contribution in [1.82, 2.24) is 19.6 Å². The van der Waals surface area contributed by atoms with Crippen molar-refractivity contribution in [1.29, 1.82) is 0 Å². The van der Waals surface area contributed by atoms with E-state index in [1.54, 1.807) is 17.7 Å². The minimum atomic E-state index is 0.0590. The maximum absolute atomic E-state index is 9.24. The molecule has 0 saturated heterocycles. The van der Waals surface area contributed by atoms with Crippen LogP contribution in [-0.4, -0.2) is 38.4 Å². The number of hydrogen-bond donors (Lipinski definition) is 1. The van der Waals surface area contributed by atoms with Gasteiger partial charge >= 0.3 is 0 Å². The van der Waals surface area contributed by atoms with Crippen molar-refractivity contribution in [3.05, 3.63) is 66.4 Å². The smallest absolute Gasteiger partial charge is 0.247 e. The van der Waals surface area contributed by atoms with Crippen molar-refractivity contribution in [3.63, 3.8) is 0 Å². The molecule has 1 aromatic carbocycles. The lowest BCUT2D eigenvalue weighted by Gasteiger charge is -2.09. The first-order valence-electron chi connectivity index (χ1n) is 8.51. The van der Waals surface area contributed by atoms with Crippen LogP contribution in [-0.2, 0) is 6.42 Å². The molecule has 136 valence electrons. The standard InChI is InChI=1S/C20H18N4O3/c1-26-18-9-5-8-16(21-18)19-22-20(27-15-6-3-2-4-7-15)17-12-14(10-11-25)13-24(17)23-19/h2-9,12-13,25H,10-11H2,1H3. The highest BCUT2D eigenvalue weighted by atomic mass is 16.5. The SMILES string of the molecule is COc1cccc(-c2nc(Oc3ccccc3)c3cc(CCO)cn3n2)n1.